The molecule has 0 aromatic carbocycles. The van der Waals surface area contributed by atoms with Crippen molar-refractivity contribution in [3.63, 3.8) is 0 Å². The van der Waals surface area contributed by atoms with Gasteiger partial charge < -0.3 is 10.2 Å². The van der Waals surface area contributed by atoms with Crippen molar-refractivity contribution in [2.45, 2.75) is 39.8 Å². The van der Waals surface area contributed by atoms with Gasteiger partial charge in [-0.15, -0.1) is 0 Å². The Balaban J connectivity index is 1.68. The molecule has 0 spiro atoms. The van der Waals surface area contributed by atoms with Crippen molar-refractivity contribution < 1.29 is 4.79 Å². The van der Waals surface area contributed by atoms with Crippen molar-refractivity contribution in [3.8, 4) is 0 Å². The molecule has 1 fully saturated rings. The van der Waals surface area contributed by atoms with Crippen LogP contribution in [0, 0.1) is 13.8 Å². The molecule has 22 heavy (non-hydrogen) atoms. The third kappa shape index (κ3) is 4.51. The summed E-state index contributed by atoms with van der Waals surface area (Å²) in [5.74, 6) is 1.84. The van der Waals surface area contributed by atoms with Crippen LogP contribution >= 0.6 is 0 Å². The van der Waals surface area contributed by atoms with Crippen molar-refractivity contribution in [2.75, 3.05) is 39.8 Å². The number of carbonyl (C=O) groups is 1. The van der Waals surface area contributed by atoms with Gasteiger partial charge in [0.2, 0.25) is 5.91 Å². The molecule has 1 aliphatic rings. The van der Waals surface area contributed by atoms with Crippen molar-refractivity contribution in [1.29, 1.82) is 0 Å². The summed E-state index contributed by atoms with van der Waals surface area (Å²) in [4.78, 5) is 21.0. The number of aromatic nitrogens is 3. The van der Waals surface area contributed by atoms with Crippen LogP contribution in [0.4, 0.5) is 0 Å². The number of likely N-dealkylation sites (N-methyl/N-ethyl adjacent to an activating group) is 1. The minimum atomic E-state index is -0.0518. The van der Waals surface area contributed by atoms with Crippen LogP contribution in [-0.4, -0.2) is 76.3 Å². The molecule has 1 aromatic rings. The molecule has 1 amide bonds. The van der Waals surface area contributed by atoms with E-state index in [0.717, 1.165) is 50.8 Å². The quantitative estimate of drug-likeness (QED) is 0.752. The van der Waals surface area contributed by atoms with Gasteiger partial charge in [0, 0.05) is 39.3 Å². The number of hydrogen-bond acceptors (Lipinski definition) is 5. The Kier molecular flexibility index (Phi) is 5.90. The smallest absolute Gasteiger partial charge is 0.237 e. The molecular formula is C15H28N6O. The zero-order valence-corrected chi connectivity index (χ0v) is 14.2. The topological polar surface area (TPSA) is 66.3 Å². The number of carbonyl (C=O) groups excluding carboxylic acids is 1. The van der Waals surface area contributed by atoms with Gasteiger partial charge >= 0.3 is 0 Å². The minimum Gasteiger partial charge on any atom is -0.355 e. The molecule has 1 unspecified atom stereocenters. The maximum Gasteiger partial charge on any atom is 0.237 e. The van der Waals surface area contributed by atoms with Gasteiger partial charge in [0.1, 0.15) is 11.6 Å². The molecule has 1 aromatic heterocycles. The van der Waals surface area contributed by atoms with E-state index in [4.69, 9.17) is 0 Å². The second-order valence-electron chi connectivity index (χ2n) is 6.09. The fourth-order valence-corrected chi connectivity index (χ4v) is 2.74. The third-order valence-corrected chi connectivity index (χ3v) is 4.27. The van der Waals surface area contributed by atoms with Crippen LogP contribution in [0.15, 0.2) is 0 Å². The summed E-state index contributed by atoms with van der Waals surface area (Å²) in [6, 6.07) is -0.0518. The molecular weight excluding hydrogens is 280 g/mol. The summed E-state index contributed by atoms with van der Waals surface area (Å²) < 4.78 is 1.89. The van der Waals surface area contributed by atoms with Gasteiger partial charge in [0.25, 0.3) is 0 Å². The van der Waals surface area contributed by atoms with Gasteiger partial charge in [-0.3, -0.25) is 14.4 Å². The highest BCUT2D eigenvalue weighted by Gasteiger charge is 2.23. The maximum atomic E-state index is 12.2. The molecule has 2 heterocycles. The lowest BCUT2D eigenvalue weighted by atomic mass is 10.2. The zero-order valence-electron chi connectivity index (χ0n) is 14.2. The predicted molar refractivity (Wildman–Crippen MR) is 85.7 cm³/mol. The highest BCUT2D eigenvalue weighted by molar-refractivity contribution is 5.81. The number of nitrogens with one attached hydrogen (secondary N) is 1. The van der Waals surface area contributed by atoms with Gasteiger partial charge in [0.15, 0.2) is 0 Å². The molecule has 1 aliphatic heterocycles. The number of aryl methyl sites for hydroxylation is 3. The van der Waals surface area contributed by atoms with Crippen molar-refractivity contribution in [2.24, 2.45) is 0 Å². The Morgan fingerprint density at radius 2 is 1.95 bits per heavy atom. The Hall–Kier alpha value is -1.47. The normalized spacial score (nSPS) is 18.4. The van der Waals surface area contributed by atoms with Gasteiger partial charge in [-0.05, 0) is 34.2 Å². The molecule has 124 valence electrons. The van der Waals surface area contributed by atoms with Crippen molar-refractivity contribution in [1.82, 2.24) is 29.9 Å². The number of rotatable bonds is 6. The van der Waals surface area contributed by atoms with Gasteiger partial charge in [-0.25, -0.2) is 4.98 Å². The van der Waals surface area contributed by atoms with Crippen LogP contribution < -0.4 is 5.32 Å². The van der Waals surface area contributed by atoms with E-state index in [2.05, 4.69) is 32.2 Å². The van der Waals surface area contributed by atoms with Crippen LogP contribution in [0.25, 0.3) is 0 Å². The minimum absolute atomic E-state index is 0.0518. The fourth-order valence-electron chi connectivity index (χ4n) is 2.74. The van der Waals surface area contributed by atoms with Crippen LogP contribution in [0.5, 0.6) is 0 Å². The molecule has 7 heteroatoms. The number of nitrogens with zero attached hydrogens (tertiary/aromatic N) is 5. The Morgan fingerprint density at radius 3 is 2.55 bits per heavy atom. The van der Waals surface area contributed by atoms with Crippen LogP contribution in [-0.2, 0) is 11.3 Å². The van der Waals surface area contributed by atoms with E-state index < -0.39 is 0 Å². The summed E-state index contributed by atoms with van der Waals surface area (Å²) in [6.07, 6.45) is 0.866. The second-order valence-corrected chi connectivity index (χ2v) is 6.09. The molecule has 1 saturated heterocycles. The van der Waals surface area contributed by atoms with Crippen molar-refractivity contribution >= 4 is 5.91 Å². The average Bonchev–Trinajstić information content (AvgIpc) is 2.81. The van der Waals surface area contributed by atoms with E-state index >= 15 is 0 Å². The van der Waals surface area contributed by atoms with E-state index in [1.165, 1.54) is 0 Å². The SMILES string of the molecule is Cc1nc(C)n(CCCNC(=O)C(C)N2CCN(C)CC2)n1. The predicted octanol–water partition coefficient (Wildman–Crippen LogP) is 0.0371. The third-order valence-electron chi connectivity index (χ3n) is 4.27. The summed E-state index contributed by atoms with van der Waals surface area (Å²) in [7, 11) is 2.12. The second kappa shape index (κ2) is 7.69. The molecule has 1 N–H and O–H groups in total. The average molecular weight is 308 g/mol. The van der Waals surface area contributed by atoms with Gasteiger partial charge in [0.05, 0.1) is 6.04 Å². The number of amides is 1. The maximum absolute atomic E-state index is 12.2. The first-order valence-electron chi connectivity index (χ1n) is 8.05. The lowest BCUT2D eigenvalue weighted by Crippen LogP contribution is -2.53. The molecule has 0 bridgehead atoms. The first kappa shape index (κ1) is 16.9. The van der Waals surface area contributed by atoms with E-state index in [-0.39, 0.29) is 11.9 Å². The zero-order chi connectivity index (χ0) is 16.1. The lowest BCUT2D eigenvalue weighted by Gasteiger charge is -2.35. The Bertz CT molecular complexity index is 492. The Labute approximate surface area is 132 Å². The number of piperazine rings is 1. The molecule has 0 saturated carbocycles. The summed E-state index contributed by atoms with van der Waals surface area (Å²) in [6.45, 7) is 11.3. The van der Waals surface area contributed by atoms with Crippen LogP contribution in [0.2, 0.25) is 0 Å². The monoisotopic (exact) mass is 308 g/mol. The number of hydrogen-bond donors (Lipinski definition) is 1. The highest BCUT2D eigenvalue weighted by atomic mass is 16.2. The van der Waals surface area contributed by atoms with E-state index in [1.54, 1.807) is 0 Å². The van der Waals surface area contributed by atoms with Gasteiger partial charge in [-0.2, -0.15) is 5.10 Å². The first-order chi connectivity index (χ1) is 10.5. The van der Waals surface area contributed by atoms with Crippen LogP contribution in [0.3, 0.4) is 0 Å². The Morgan fingerprint density at radius 1 is 1.27 bits per heavy atom. The molecule has 0 aliphatic carbocycles. The molecule has 2 rings (SSSR count). The first-order valence-corrected chi connectivity index (χ1v) is 8.05. The largest absolute Gasteiger partial charge is 0.355 e. The standard InChI is InChI=1S/C15H28N6O/c1-12(20-10-8-19(4)9-11-20)15(22)16-6-5-7-21-14(3)17-13(2)18-21/h12H,5-11H2,1-4H3,(H,16,22). The highest BCUT2D eigenvalue weighted by Crippen LogP contribution is 2.05. The molecule has 7 nitrogen and oxygen atoms in total. The van der Waals surface area contributed by atoms with E-state index in [0.29, 0.717) is 6.54 Å². The van der Waals surface area contributed by atoms with Crippen LogP contribution in [0.1, 0.15) is 25.0 Å². The van der Waals surface area contributed by atoms with Crippen molar-refractivity contribution in [3.05, 3.63) is 11.6 Å². The van der Waals surface area contributed by atoms with E-state index in [9.17, 15) is 4.79 Å². The summed E-state index contributed by atoms with van der Waals surface area (Å²) >= 11 is 0. The summed E-state index contributed by atoms with van der Waals surface area (Å²) in [5.41, 5.74) is 0. The fraction of sp³-hybridized carbons (Fsp3) is 0.800. The van der Waals surface area contributed by atoms with E-state index in [1.807, 2.05) is 25.5 Å². The lowest BCUT2D eigenvalue weighted by molar-refractivity contribution is -0.126. The summed E-state index contributed by atoms with van der Waals surface area (Å²) in [5, 5.41) is 7.35. The molecule has 0 radical (unpaired) electrons. The molecule has 1 atom stereocenters. The van der Waals surface area contributed by atoms with Gasteiger partial charge in [-0.1, -0.05) is 0 Å².